The Morgan fingerprint density at radius 1 is 1.33 bits per heavy atom. The van der Waals surface area contributed by atoms with E-state index in [0.717, 1.165) is 6.29 Å². The number of methoxy groups -OCH3 is 1. The van der Waals surface area contributed by atoms with E-state index in [9.17, 15) is 4.79 Å². The molecule has 0 aliphatic carbocycles. The quantitative estimate of drug-likeness (QED) is 0.697. The van der Waals surface area contributed by atoms with E-state index >= 15 is 0 Å². The molecule has 0 spiro atoms. The smallest absolute Gasteiger partial charge is 0.161 e. The Labute approximate surface area is 90.0 Å². The number of aldehydes is 1. The van der Waals surface area contributed by atoms with Gasteiger partial charge in [0, 0.05) is 5.56 Å². The van der Waals surface area contributed by atoms with Gasteiger partial charge in [0.2, 0.25) is 0 Å². The van der Waals surface area contributed by atoms with E-state index in [4.69, 9.17) is 9.47 Å². The molecule has 0 saturated heterocycles. The lowest BCUT2D eigenvalue weighted by atomic mass is 10.2. The van der Waals surface area contributed by atoms with Gasteiger partial charge in [0.05, 0.1) is 13.7 Å². The number of rotatable bonds is 5. The lowest BCUT2D eigenvalue weighted by molar-refractivity contribution is 0.112. The topological polar surface area (TPSA) is 35.5 Å². The third-order valence-corrected chi connectivity index (χ3v) is 1.90. The number of carbonyl (C=O) groups excluding carboxylic acids is 1. The van der Waals surface area contributed by atoms with Crippen LogP contribution in [0, 0.1) is 5.92 Å². The van der Waals surface area contributed by atoms with Crippen molar-refractivity contribution in [1.82, 2.24) is 0 Å². The molecular formula is C12H16O3. The standard InChI is InChI=1S/C12H16O3/c1-9(2)8-15-12-6-10(7-13)4-5-11(12)14-3/h4-7,9H,8H2,1-3H3. The molecule has 15 heavy (non-hydrogen) atoms. The highest BCUT2D eigenvalue weighted by Gasteiger charge is 2.06. The second-order valence-corrected chi connectivity index (χ2v) is 3.73. The van der Waals surface area contributed by atoms with Crippen LogP contribution in [-0.4, -0.2) is 20.0 Å². The van der Waals surface area contributed by atoms with Crippen LogP contribution in [0.25, 0.3) is 0 Å². The minimum Gasteiger partial charge on any atom is -0.493 e. The maximum atomic E-state index is 10.6. The molecule has 0 aliphatic heterocycles. The second-order valence-electron chi connectivity index (χ2n) is 3.73. The van der Waals surface area contributed by atoms with Crippen molar-refractivity contribution in [2.45, 2.75) is 13.8 Å². The Kier molecular flexibility index (Phi) is 4.16. The largest absolute Gasteiger partial charge is 0.493 e. The van der Waals surface area contributed by atoms with Crippen LogP contribution in [0.4, 0.5) is 0 Å². The van der Waals surface area contributed by atoms with Gasteiger partial charge in [-0.2, -0.15) is 0 Å². The highest BCUT2D eigenvalue weighted by Crippen LogP contribution is 2.27. The maximum absolute atomic E-state index is 10.6. The molecule has 82 valence electrons. The first kappa shape index (κ1) is 11.6. The molecule has 0 radical (unpaired) electrons. The van der Waals surface area contributed by atoms with Crippen molar-refractivity contribution in [2.75, 3.05) is 13.7 Å². The van der Waals surface area contributed by atoms with Gasteiger partial charge in [-0.25, -0.2) is 0 Å². The lowest BCUT2D eigenvalue weighted by Crippen LogP contribution is -2.05. The van der Waals surface area contributed by atoms with Crippen molar-refractivity contribution in [2.24, 2.45) is 5.92 Å². The summed E-state index contributed by atoms with van der Waals surface area (Å²) in [6.45, 7) is 4.74. The molecule has 0 unspecified atom stereocenters. The van der Waals surface area contributed by atoms with Crippen molar-refractivity contribution < 1.29 is 14.3 Å². The van der Waals surface area contributed by atoms with Gasteiger partial charge < -0.3 is 9.47 Å². The van der Waals surface area contributed by atoms with Gasteiger partial charge >= 0.3 is 0 Å². The molecule has 0 atom stereocenters. The highest BCUT2D eigenvalue weighted by molar-refractivity contribution is 5.76. The molecule has 0 aromatic heterocycles. The molecule has 0 amide bonds. The molecule has 0 fully saturated rings. The zero-order chi connectivity index (χ0) is 11.3. The predicted octanol–water partition coefficient (Wildman–Crippen LogP) is 2.54. The summed E-state index contributed by atoms with van der Waals surface area (Å²) in [6, 6.07) is 5.13. The van der Waals surface area contributed by atoms with E-state index in [2.05, 4.69) is 13.8 Å². The molecule has 1 aromatic carbocycles. The van der Waals surface area contributed by atoms with E-state index in [1.54, 1.807) is 25.3 Å². The third kappa shape index (κ3) is 3.27. The number of benzene rings is 1. The van der Waals surface area contributed by atoms with Crippen molar-refractivity contribution in [3.63, 3.8) is 0 Å². The fourth-order valence-electron chi connectivity index (χ4n) is 1.14. The zero-order valence-corrected chi connectivity index (χ0v) is 9.32. The summed E-state index contributed by atoms with van der Waals surface area (Å²) >= 11 is 0. The van der Waals surface area contributed by atoms with Crippen LogP contribution in [0.15, 0.2) is 18.2 Å². The molecule has 0 N–H and O–H groups in total. The van der Waals surface area contributed by atoms with Crippen molar-refractivity contribution in [1.29, 1.82) is 0 Å². The Hall–Kier alpha value is -1.51. The number of hydrogen-bond acceptors (Lipinski definition) is 3. The van der Waals surface area contributed by atoms with E-state index in [-0.39, 0.29) is 0 Å². The molecule has 1 aromatic rings. The summed E-state index contributed by atoms with van der Waals surface area (Å²) in [5.41, 5.74) is 0.592. The molecule has 3 heteroatoms. The Morgan fingerprint density at radius 2 is 2.07 bits per heavy atom. The van der Waals surface area contributed by atoms with Crippen molar-refractivity contribution >= 4 is 6.29 Å². The van der Waals surface area contributed by atoms with Gasteiger partial charge in [0.15, 0.2) is 11.5 Å². The van der Waals surface area contributed by atoms with E-state index in [1.165, 1.54) is 0 Å². The average molecular weight is 208 g/mol. The number of carbonyl (C=O) groups is 1. The minimum atomic E-state index is 0.439. The van der Waals surface area contributed by atoms with Gasteiger partial charge in [0.1, 0.15) is 6.29 Å². The van der Waals surface area contributed by atoms with Crippen LogP contribution >= 0.6 is 0 Å². The third-order valence-electron chi connectivity index (χ3n) is 1.90. The van der Waals surface area contributed by atoms with Gasteiger partial charge in [-0.05, 0) is 24.1 Å². The van der Waals surface area contributed by atoms with Crippen LogP contribution < -0.4 is 9.47 Å². The van der Waals surface area contributed by atoms with Gasteiger partial charge in [-0.1, -0.05) is 13.8 Å². The highest BCUT2D eigenvalue weighted by atomic mass is 16.5. The van der Waals surface area contributed by atoms with E-state index < -0.39 is 0 Å². The molecule has 0 heterocycles. The Bertz CT molecular complexity index is 332. The zero-order valence-electron chi connectivity index (χ0n) is 9.32. The monoisotopic (exact) mass is 208 g/mol. The SMILES string of the molecule is COc1ccc(C=O)cc1OCC(C)C. The van der Waals surface area contributed by atoms with Crippen molar-refractivity contribution in [3.8, 4) is 11.5 Å². The first-order valence-electron chi connectivity index (χ1n) is 4.93. The average Bonchev–Trinajstić information content (AvgIpc) is 2.25. The minimum absolute atomic E-state index is 0.439. The maximum Gasteiger partial charge on any atom is 0.161 e. The van der Waals surface area contributed by atoms with Crippen LogP contribution in [0.3, 0.4) is 0 Å². The van der Waals surface area contributed by atoms with Crippen LogP contribution in [0.1, 0.15) is 24.2 Å². The summed E-state index contributed by atoms with van der Waals surface area (Å²) < 4.78 is 10.7. The van der Waals surface area contributed by atoms with Gasteiger partial charge in [-0.3, -0.25) is 4.79 Å². The van der Waals surface area contributed by atoms with Crippen molar-refractivity contribution in [3.05, 3.63) is 23.8 Å². The number of hydrogen-bond donors (Lipinski definition) is 0. The molecular weight excluding hydrogens is 192 g/mol. The first-order chi connectivity index (χ1) is 7.17. The fourth-order valence-corrected chi connectivity index (χ4v) is 1.14. The predicted molar refractivity (Wildman–Crippen MR) is 58.7 cm³/mol. The summed E-state index contributed by atoms with van der Waals surface area (Å²) in [5, 5.41) is 0. The van der Waals surface area contributed by atoms with Crippen LogP contribution in [-0.2, 0) is 0 Å². The molecule has 0 saturated carbocycles. The Morgan fingerprint density at radius 3 is 2.60 bits per heavy atom. The number of ether oxygens (including phenoxy) is 2. The molecule has 0 aliphatic rings. The summed E-state index contributed by atoms with van der Waals surface area (Å²) in [6.07, 6.45) is 0.793. The van der Waals surface area contributed by atoms with E-state index in [0.29, 0.717) is 29.6 Å². The first-order valence-corrected chi connectivity index (χ1v) is 4.93. The van der Waals surface area contributed by atoms with Gasteiger partial charge in [0.25, 0.3) is 0 Å². The summed E-state index contributed by atoms with van der Waals surface area (Å²) in [7, 11) is 1.58. The second kappa shape index (κ2) is 5.39. The van der Waals surface area contributed by atoms with Gasteiger partial charge in [-0.15, -0.1) is 0 Å². The Balaban J connectivity index is 2.85. The molecule has 1 rings (SSSR count). The molecule has 3 nitrogen and oxygen atoms in total. The normalized spacial score (nSPS) is 10.1. The molecule has 0 bridgehead atoms. The summed E-state index contributed by atoms with van der Waals surface area (Å²) in [5.74, 6) is 1.71. The van der Waals surface area contributed by atoms with E-state index in [1.807, 2.05) is 0 Å². The summed E-state index contributed by atoms with van der Waals surface area (Å²) in [4.78, 5) is 10.6. The van der Waals surface area contributed by atoms with Crippen LogP contribution in [0.2, 0.25) is 0 Å². The fraction of sp³-hybridized carbons (Fsp3) is 0.417. The van der Waals surface area contributed by atoms with Crippen LogP contribution in [0.5, 0.6) is 11.5 Å². The lowest BCUT2D eigenvalue weighted by Gasteiger charge is -2.12.